The Kier molecular flexibility index (Phi) is 6.41. The van der Waals surface area contributed by atoms with Crippen LogP contribution >= 0.6 is 0 Å². The van der Waals surface area contributed by atoms with E-state index >= 15 is 0 Å². The maximum atomic E-state index is 13.0. The zero-order valence-electron chi connectivity index (χ0n) is 17.3. The standard InChI is InChI=1S/C23H22N2O5S/c1-16(26)19-8-4-5-9-20(19)24-23(27)17-12-14-18(15-13-17)31(28,29)25(2)21-10-6-7-11-22(21)30-3/h4-15H,1-3H3,(H,24,27). The van der Waals surface area contributed by atoms with Gasteiger partial charge in [-0.05, 0) is 55.5 Å². The summed E-state index contributed by atoms with van der Waals surface area (Å²) in [6.07, 6.45) is 0. The molecule has 8 heteroatoms. The molecule has 0 radical (unpaired) electrons. The number of hydrogen-bond donors (Lipinski definition) is 1. The maximum Gasteiger partial charge on any atom is 0.264 e. The molecule has 0 unspecified atom stereocenters. The van der Waals surface area contributed by atoms with Crippen LogP contribution in [-0.4, -0.2) is 34.3 Å². The number of sulfonamides is 1. The number of para-hydroxylation sites is 3. The van der Waals surface area contributed by atoms with Gasteiger partial charge in [-0.3, -0.25) is 13.9 Å². The van der Waals surface area contributed by atoms with Gasteiger partial charge in [0.25, 0.3) is 15.9 Å². The average molecular weight is 439 g/mol. The molecule has 0 aliphatic heterocycles. The highest BCUT2D eigenvalue weighted by atomic mass is 32.2. The predicted octanol–water partition coefficient (Wildman–Crippen LogP) is 3.98. The lowest BCUT2D eigenvalue weighted by Gasteiger charge is -2.21. The topological polar surface area (TPSA) is 92.8 Å². The second kappa shape index (κ2) is 9.01. The highest BCUT2D eigenvalue weighted by Gasteiger charge is 2.24. The van der Waals surface area contributed by atoms with Crippen LogP contribution in [0.2, 0.25) is 0 Å². The van der Waals surface area contributed by atoms with Crippen molar-refractivity contribution in [3.63, 3.8) is 0 Å². The minimum atomic E-state index is -3.87. The van der Waals surface area contributed by atoms with Crippen LogP contribution in [0.1, 0.15) is 27.6 Å². The Labute approximate surface area is 181 Å². The second-order valence-electron chi connectivity index (χ2n) is 6.72. The molecule has 3 rings (SSSR count). The van der Waals surface area contributed by atoms with Gasteiger partial charge in [-0.25, -0.2) is 8.42 Å². The van der Waals surface area contributed by atoms with Crippen LogP contribution in [0.15, 0.2) is 77.7 Å². The third-order valence-electron chi connectivity index (χ3n) is 4.75. The molecule has 7 nitrogen and oxygen atoms in total. The summed E-state index contributed by atoms with van der Waals surface area (Å²) in [7, 11) is -0.961. The van der Waals surface area contributed by atoms with Gasteiger partial charge in [0.1, 0.15) is 5.75 Å². The molecule has 0 saturated carbocycles. The number of benzene rings is 3. The minimum absolute atomic E-state index is 0.0293. The highest BCUT2D eigenvalue weighted by Crippen LogP contribution is 2.31. The molecule has 0 aromatic heterocycles. The molecule has 3 aromatic rings. The van der Waals surface area contributed by atoms with E-state index in [-0.39, 0.29) is 16.2 Å². The van der Waals surface area contributed by atoms with Crippen molar-refractivity contribution in [3.05, 3.63) is 83.9 Å². The fourth-order valence-corrected chi connectivity index (χ4v) is 4.26. The number of nitrogens with zero attached hydrogens (tertiary/aromatic N) is 1. The zero-order chi connectivity index (χ0) is 22.6. The Morgan fingerprint density at radius 3 is 2.16 bits per heavy atom. The monoisotopic (exact) mass is 438 g/mol. The normalized spacial score (nSPS) is 10.9. The summed E-state index contributed by atoms with van der Waals surface area (Å²) in [6.45, 7) is 1.42. The summed E-state index contributed by atoms with van der Waals surface area (Å²) in [5.74, 6) is -0.193. The summed E-state index contributed by atoms with van der Waals surface area (Å²) < 4.78 is 32.4. The van der Waals surface area contributed by atoms with Crippen molar-refractivity contribution < 1.29 is 22.7 Å². The Morgan fingerprint density at radius 2 is 1.52 bits per heavy atom. The van der Waals surface area contributed by atoms with Gasteiger partial charge < -0.3 is 10.1 Å². The molecule has 0 fully saturated rings. The lowest BCUT2D eigenvalue weighted by Crippen LogP contribution is -2.27. The molecule has 1 N–H and O–H groups in total. The van der Waals surface area contributed by atoms with Crippen molar-refractivity contribution in [2.75, 3.05) is 23.8 Å². The van der Waals surface area contributed by atoms with Crippen LogP contribution in [0.4, 0.5) is 11.4 Å². The molecule has 1 amide bonds. The first-order chi connectivity index (χ1) is 14.8. The quantitative estimate of drug-likeness (QED) is 0.564. The van der Waals surface area contributed by atoms with E-state index in [9.17, 15) is 18.0 Å². The van der Waals surface area contributed by atoms with Crippen LogP contribution in [0.25, 0.3) is 0 Å². The lowest BCUT2D eigenvalue weighted by atomic mass is 10.1. The summed E-state index contributed by atoms with van der Waals surface area (Å²) in [5.41, 5.74) is 1.45. The van der Waals surface area contributed by atoms with Gasteiger partial charge in [0.2, 0.25) is 0 Å². The van der Waals surface area contributed by atoms with Crippen molar-refractivity contribution in [1.29, 1.82) is 0 Å². The zero-order valence-corrected chi connectivity index (χ0v) is 18.1. The summed E-state index contributed by atoms with van der Waals surface area (Å²) in [5, 5.41) is 2.69. The van der Waals surface area contributed by atoms with Crippen LogP contribution in [0, 0.1) is 0 Å². The van der Waals surface area contributed by atoms with E-state index in [0.717, 1.165) is 4.31 Å². The summed E-state index contributed by atoms with van der Waals surface area (Å²) in [6, 6.07) is 19.1. The molecule has 0 spiro atoms. The molecule has 31 heavy (non-hydrogen) atoms. The summed E-state index contributed by atoms with van der Waals surface area (Å²) in [4.78, 5) is 24.4. The third kappa shape index (κ3) is 4.59. The fourth-order valence-electron chi connectivity index (χ4n) is 3.05. The molecule has 160 valence electrons. The van der Waals surface area contributed by atoms with Crippen molar-refractivity contribution >= 4 is 33.1 Å². The molecule has 0 atom stereocenters. The molecule has 0 aliphatic carbocycles. The number of hydrogen-bond acceptors (Lipinski definition) is 5. The van der Waals surface area contributed by atoms with E-state index in [1.807, 2.05) is 0 Å². The maximum absolute atomic E-state index is 13.0. The molecular weight excluding hydrogens is 416 g/mol. The molecule has 0 bridgehead atoms. The van der Waals surface area contributed by atoms with Crippen molar-refractivity contribution in [3.8, 4) is 5.75 Å². The molecule has 0 heterocycles. The predicted molar refractivity (Wildman–Crippen MR) is 119 cm³/mol. The number of amides is 1. The van der Waals surface area contributed by atoms with E-state index in [0.29, 0.717) is 22.7 Å². The molecule has 0 saturated heterocycles. The van der Waals surface area contributed by atoms with E-state index < -0.39 is 15.9 Å². The molecule has 0 aliphatic rings. The number of carbonyl (C=O) groups excluding carboxylic acids is 2. The van der Waals surface area contributed by atoms with Gasteiger partial charge in [0, 0.05) is 18.2 Å². The third-order valence-corrected chi connectivity index (χ3v) is 6.54. The van der Waals surface area contributed by atoms with Crippen molar-refractivity contribution in [2.45, 2.75) is 11.8 Å². The smallest absolute Gasteiger partial charge is 0.264 e. The number of ether oxygens (including phenoxy) is 1. The lowest BCUT2D eigenvalue weighted by molar-refractivity contribution is 0.101. The number of rotatable bonds is 7. The average Bonchev–Trinajstić information content (AvgIpc) is 2.78. The largest absolute Gasteiger partial charge is 0.495 e. The Morgan fingerprint density at radius 1 is 0.903 bits per heavy atom. The minimum Gasteiger partial charge on any atom is -0.495 e. The number of anilines is 2. The number of carbonyl (C=O) groups is 2. The summed E-state index contributed by atoms with van der Waals surface area (Å²) >= 11 is 0. The fraction of sp³-hybridized carbons (Fsp3) is 0.130. The Hall–Kier alpha value is -3.65. The Bertz CT molecular complexity index is 1220. The second-order valence-corrected chi connectivity index (χ2v) is 8.69. The highest BCUT2D eigenvalue weighted by molar-refractivity contribution is 7.92. The van der Waals surface area contributed by atoms with Gasteiger partial charge in [-0.1, -0.05) is 24.3 Å². The molecule has 3 aromatic carbocycles. The number of methoxy groups -OCH3 is 1. The van der Waals surface area contributed by atoms with Crippen LogP contribution in [0.5, 0.6) is 5.75 Å². The van der Waals surface area contributed by atoms with Crippen LogP contribution in [0.3, 0.4) is 0 Å². The van der Waals surface area contributed by atoms with Crippen LogP contribution in [-0.2, 0) is 10.0 Å². The number of nitrogens with one attached hydrogen (secondary N) is 1. The van der Waals surface area contributed by atoms with E-state index in [1.165, 1.54) is 45.3 Å². The van der Waals surface area contributed by atoms with E-state index in [4.69, 9.17) is 4.74 Å². The number of ketones is 1. The first kappa shape index (κ1) is 22.0. The van der Waals surface area contributed by atoms with Crippen molar-refractivity contribution in [2.24, 2.45) is 0 Å². The van der Waals surface area contributed by atoms with Gasteiger partial charge in [-0.2, -0.15) is 0 Å². The van der Waals surface area contributed by atoms with Gasteiger partial charge in [-0.15, -0.1) is 0 Å². The SMILES string of the molecule is COc1ccccc1N(C)S(=O)(=O)c1ccc(C(=O)Nc2ccccc2C(C)=O)cc1. The number of Topliss-reactive ketones (excluding diaryl/α,β-unsaturated/α-hetero) is 1. The van der Waals surface area contributed by atoms with Crippen molar-refractivity contribution in [1.82, 2.24) is 0 Å². The molecular formula is C23H22N2O5S. The van der Waals surface area contributed by atoms with E-state index in [2.05, 4.69) is 5.32 Å². The van der Waals surface area contributed by atoms with Gasteiger partial charge >= 0.3 is 0 Å². The first-order valence-electron chi connectivity index (χ1n) is 9.39. The van der Waals surface area contributed by atoms with Gasteiger partial charge in [0.15, 0.2) is 5.78 Å². The van der Waals surface area contributed by atoms with Crippen LogP contribution < -0.4 is 14.4 Å². The first-order valence-corrected chi connectivity index (χ1v) is 10.8. The van der Waals surface area contributed by atoms with Gasteiger partial charge in [0.05, 0.1) is 23.4 Å². The Balaban J connectivity index is 1.84. The van der Waals surface area contributed by atoms with E-state index in [1.54, 1.807) is 48.5 Å².